The second-order valence-corrected chi connectivity index (χ2v) is 3.98. The molecule has 90 valence electrons. The van der Waals surface area contributed by atoms with Crippen LogP contribution in [0.1, 0.15) is 43.0 Å². The normalized spacial score (nSPS) is 11.4. The third kappa shape index (κ3) is 5.33. The van der Waals surface area contributed by atoms with Crippen molar-refractivity contribution < 1.29 is 9.90 Å². The van der Waals surface area contributed by atoms with Gasteiger partial charge in [-0.05, 0) is 18.8 Å². The molecule has 0 aromatic heterocycles. The lowest BCUT2D eigenvalue weighted by Gasteiger charge is -2.00. The van der Waals surface area contributed by atoms with Crippen molar-refractivity contribution in [3.8, 4) is 11.8 Å². The maximum Gasteiger partial charge on any atom is 0.235 e. The fourth-order valence-electron chi connectivity index (χ4n) is 1.47. The molecule has 0 radical (unpaired) electrons. The molecule has 1 rings (SSSR count). The molecule has 1 atom stereocenters. The van der Waals surface area contributed by atoms with Crippen molar-refractivity contribution in [3.05, 3.63) is 35.9 Å². The van der Waals surface area contributed by atoms with Gasteiger partial charge in [-0.1, -0.05) is 56.0 Å². The van der Waals surface area contributed by atoms with Crippen LogP contribution < -0.4 is 0 Å². The molecule has 0 amide bonds. The first-order valence-electron chi connectivity index (χ1n) is 6.03. The highest BCUT2D eigenvalue weighted by Gasteiger charge is 2.02. The fraction of sp³-hybridized carbons (Fsp3) is 0.400. The Morgan fingerprint density at radius 3 is 2.65 bits per heavy atom. The average Bonchev–Trinajstić information content (AvgIpc) is 2.37. The first kappa shape index (κ1) is 13.5. The van der Waals surface area contributed by atoms with E-state index in [4.69, 9.17) is 0 Å². The van der Waals surface area contributed by atoms with Crippen molar-refractivity contribution in [1.29, 1.82) is 0 Å². The molecule has 0 saturated carbocycles. The molecule has 0 aliphatic rings. The van der Waals surface area contributed by atoms with Crippen molar-refractivity contribution in [2.24, 2.45) is 0 Å². The molecule has 2 nitrogen and oxygen atoms in total. The van der Waals surface area contributed by atoms with Crippen LogP contribution in [0.4, 0.5) is 0 Å². The Bertz CT molecular complexity index is 398. The van der Waals surface area contributed by atoms with E-state index in [1.807, 2.05) is 6.07 Å². The Morgan fingerprint density at radius 2 is 2.00 bits per heavy atom. The van der Waals surface area contributed by atoms with Crippen molar-refractivity contribution in [1.82, 2.24) is 0 Å². The number of unbranched alkanes of at least 4 members (excludes halogenated alkanes) is 2. The smallest absolute Gasteiger partial charge is 0.235 e. The number of ketones is 1. The van der Waals surface area contributed by atoms with Crippen molar-refractivity contribution in [3.63, 3.8) is 0 Å². The Labute approximate surface area is 103 Å². The summed E-state index contributed by atoms with van der Waals surface area (Å²) in [7, 11) is 0. The zero-order valence-corrected chi connectivity index (χ0v) is 10.1. The van der Waals surface area contributed by atoms with E-state index in [1.54, 1.807) is 24.3 Å². The molecule has 2 heteroatoms. The highest BCUT2D eigenvalue weighted by molar-refractivity contribution is 6.08. The average molecular weight is 230 g/mol. The van der Waals surface area contributed by atoms with Gasteiger partial charge >= 0.3 is 0 Å². The fourth-order valence-corrected chi connectivity index (χ4v) is 1.47. The third-order valence-corrected chi connectivity index (χ3v) is 2.47. The number of carbonyl (C=O) groups is 1. The maximum atomic E-state index is 11.6. The summed E-state index contributed by atoms with van der Waals surface area (Å²) in [6, 6.07) is 8.89. The first-order chi connectivity index (χ1) is 8.24. The summed E-state index contributed by atoms with van der Waals surface area (Å²) >= 11 is 0. The van der Waals surface area contributed by atoms with Crippen LogP contribution in [0.2, 0.25) is 0 Å². The van der Waals surface area contributed by atoms with Crippen molar-refractivity contribution in [2.75, 3.05) is 0 Å². The second kappa shape index (κ2) is 7.65. The van der Waals surface area contributed by atoms with Gasteiger partial charge < -0.3 is 5.11 Å². The maximum absolute atomic E-state index is 11.6. The van der Waals surface area contributed by atoms with Crippen LogP contribution in [0.15, 0.2) is 30.3 Å². The van der Waals surface area contributed by atoms with Crippen LogP contribution in [-0.4, -0.2) is 17.0 Å². The van der Waals surface area contributed by atoms with E-state index >= 15 is 0 Å². The number of Topliss-reactive ketones (excluding diaryl/α,β-unsaturated/α-hetero) is 1. The monoisotopic (exact) mass is 230 g/mol. The zero-order valence-electron chi connectivity index (χ0n) is 10.1. The molecule has 1 unspecified atom stereocenters. The van der Waals surface area contributed by atoms with E-state index in [0.717, 1.165) is 19.3 Å². The number of aliphatic hydroxyl groups excluding tert-OH is 1. The highest BCUT2D eigenvalue weighted by Crippen LogP contribution is 2.03. The summed E-state index contributed by atoms with van der Waals surface area (Å²) < 4.78 is 0. The summed E-state index contributed by atoms with van der Waals surface area (Å²) in [6.45, 7) is 2.11. The van der Waals surface area contributed by atoms with Gasteiger partial charge in [0.25, 0.3) is 0 Å². The largest absolute Gasteiger partial charge is 0.380 e. The predicted octanol–water partition coefficient (Wildman–Crippen LogP) is 2.81. The number of carbonyl (C=O) groups excluding carboxylic acids is 1. The molecule has 0 aliphatic carbocycles. The Kier molecular flexibility index (Phi) is 6.06. The molecule has 0 aliphatic heterocycles. The number of benzene rings is 1. The van der Waals surface area contributed by atoms with Crippen LogP contribution in [0.3, 0.4) is 0 Å². The summed E-state index contributed by atoms with van der Waals surface area (Å²) in [5.41, 5.74) is 0.570. The molecule has 0 spiro atoms. The quantitative estimate of drug-likeness (QED) is 0.365. The minimum absolute atomic E-state index is 0.236. The Balaban J connectivity index is 2.46. The van der Waals surface area contributed by atoms with Gasteiger partial charge in [-0.2, -0.15) is 0 Å². The SMILES string of the molecule is CCCCCC(O)C#CC(=O)c1ccccc1. The van der Waals surface area contributed by atoms with Gasteiger partial charge in [-0.3, -0.25) is 4.79 Å². The van der Waals surface area contributed by atoms with Crippen LogP contribution >= 0.6 is 0 Å². The van der Waals surface area contributed by atoms with Crippen LogP contribution in [0.5, 0.6) is 0 Å². The predicted molar refractivity (Wildman–Crippen MR) is 68.7 cm³/mol. The molecule has 0 bridgehead atoms. The molecule has 0 fully saturated rings. The minimum Gasteiger partial charge on any atom is -0.380 e. The lowest BCUT2D eigenvalue weighted by atomic mass is 10.1. The number of hydrogen-bond donors (Lipinski definition) is 1. The molecule has 1 aromatic rings. The van der Waals surface area contributed by atoms with Crippen molar-refractivity contribution in [2.45, 2.75) is 38.7 Å². The van der Waals surface area contributed by atoms with Crippen LogP contribution in [0, 0.1) is 11.8 Å². The van der Waals surface area contributed by atoms with Gasteiger partial charge in [0, 0.05) is 5.56 Å². The van der Waals surface area contributed by atoms with Gasteiger partial charge in [-0.25, -0.2) is 0 Å². The first-order valence-corrected chi connectivity index (χ1v) is 6.03. The van der Waals surface area contributed by atoms with Gasteiger partial charge in [-0.15, -0.1) is 0 Å². The molecule has 17 heavy (non-hydrogen) atoms. The van der Waals surface area contributed by atoms with E-state index < -0.39 is 6.10 Å². The Morgan fingerprint density at radius 1 is 1.29 bits per heavy atom. The summed E-state index contributed by atoms with van der Waals surface area (Å²) in [4.78, 5) is 11.6. The van der Waals surface area contributed by atoms with E-state index in [0.29, 0.717) is 12.0 Å². The minimum atomic E-state index is -0.686. The highest BCUT2D eigenvalue weighted by atomic mass is 16.3. The number of aliphatic hydroxyl groups is 1. The zero-order chi connectivity index (χ0) is 12.5. The van der Waals surface area contributed by atoms with Gasteiger partial charge in [0.05, 0.1) is 0 Å². The molecule has 1 N–H and O–H groups in total. The van der Waals surface area contributed by atoms with Crippen molar-refractivity contribution >= 4 is 5.78 Å². The van der Waals surface area contributed by atoms with E-state index in [9.17, 15) is 9.90 Å². The van der Waals surface area contributed by atoms with Crippen LogP contribution in [0.25, 0.3) is 0 Å². The molecule has 1 aromatic carbocycles. The van der Waals surface area contributed by atoms with Gasteiger partial charge in [0.2, 0.25) is 5.78 Å². The van der Waals surface area contributed by atoms with Gasteiger partial charge in [0.1, 0.15) is 6.10 Å². The van der Waals surface area contributed by atoms with E-state index in [-0.39, 0.29) is 5.78 Å². The van der Waals surface area contributed by atoms with E-state index in [1.165, 1.54) is 0 Å². The van der Waals surface area contributed by atoms with E-state index in [2.05, 4.69) is 18.8 Å². The molecular formula is C15H18O2. The van der Waals surface area contributed by atoms with Gasteiger partial charge in [0.15, 0.2) is 0 Å². The number of rotatable bonds is 5. The Hall–Kier alpha value is -1.59. The second-order valence-electron chi connectivity index (χ2n) is 3.98. The lowest BCUT2D eigenvalue weighted by Crippen LogP contribution is -2.04. The summed E-state index contributed by atoms with van der Waals surface area (Å²) in [5.74, 6) is 4.85. The summed E-state index contributed by atoms with van der Waals surface area (Å²) in [5, 5.41) is 9.55. The molecule has 0 saturated heterocycles. The topological polar surface area (TPSA) is 37.3 Å². The number of hydrogen-bond acceptors (Lipinski definition) is 2. The third-order valence-electron chi connectivity index (χ3n) is 2.47. The standard InChI is InChI=1S/C15H18O2/c1-2-3-5-10-14(16)11-12-15(17)13-8-6-4-7-9-13/h4,6-9,14,16H,2-3,5,10H2,1H3. The molecular weight excluding hydrogens is 212 g/mol. The summed E-state index contributed by atoms with van der Waals surface area (Å²) in [6.07, 6.45) is 3.11. The molecule has 0 heterocycles. The lowest BCUT2D eigenvalue weighted by molar-refractivity contribution is 0.105. The van der Waals surface area contributed by atoms with Crippen LogP contribution in [-0.2, 0) is 0 Å².